The van der Waals surface area contributed by atoms with Crippen molar-refractivity contribution in [2.75, 3.05) is 13.7 Å². The number of H-pyrrole nitrogens is 1. The minimum Gasteiger partial charge on any atom is -0.497 e. The summed E-state index contributed by atoms with van der Waals surface area (Å²) < 4.78 is 5.29. The van der Waals surface area contributed by atoms with Crippen molar-refractivity contribution in [2.24, 2.45) is 0 Å². The molecule has 1 unspecified atom stereocenters. The van der Waals surface area contributed by atoms with Gasteiger partial charge in [0, 0.05) is 17.7 Å². The second-order valence-electron chi connectivity index (χ2n) is 8.17. The molecule has 2 aromatic carbocycles. The summed E-state index contributed by atoms with van der Waals surface area (Å²) in [7, 11) is 1.66. The van der Waals surface area contributed by atoms with Crippen LogP contribution >= 0.6 is 0 Å². The van der Waals surface area contributed by atoms with Gasteiger partial charge in [-0.2, -0.15) is 5.10 Å². The molecule has 0 saturated carbocycles. The van der Waals surface area contributed by atoms with Crippen LogP contribution in [0.1, 0.15) is 73.1 Å². The van der Waals surface area contributed by atoms with Crippen LogP contribution < -0.4 is 4.74 Å². The van der Waals surface area contributed by atoms with Crippen molar-refractivity contribution in [3.63, 3.8) is 0 Å². The molecule has 0 bridgehead atoms. The normalized spacial score (nSPS) is 15.4. The molecule has 2 heterocycles. The number of benzene rings is 2. The number of ether oxygens (including phenoxy) is 1. The first-order valence-electron chi connectivity index (χ1n) is 11.3. The molecule has 5 heteroatoms. The third-order valence-corrected chi connectivity index (χ3v) is 6.10. The van der Waals surface area contributed by atoms with Gasteiger partial charge in [0.2, 0.25) is 0 Å². The zero-order chi connectivity index (χ0) is 21.6. The zero-order valence-electron chi connectivity index (χ0n) is 18.4. The molecule has 0 fully saturated rings. The number of nitrogens with one attached hydrogen (secondary N) is 1. The minimum atomic E-state index is -0.116. The zero-order valence-corrected chi connectivity index (χ0v) is 18.4. The number of aromatic amines is 1. The van der Waals surface area contributed by atoms with Gasteiger partial charge in [0.25, 0.3) is 5.91 Å². The van der Waals surface area contributed by atoms with Crippen LogP contribution in [0.25, 0.3) is 11.3 Å². The number of unbranched alkanes of at least 4 members (excludes halogenated alkanes) is 5. The fourth-order valence-corrected chi connectivity index (χ4v) is 4.44. The highest BCUT2D eigenvalue weighted by Gasteiger charge is 2.41. The van der Waals surface area contributed by atoms with E-state index in [0.29, 0.717) is 5.69 Å². The highest BCUT2D eigenvalue weighted by molar-refractivity contribution is 6.00. The summed E-state index contributed by atoms with van der Waals surface area (Å²) in [5.74, 6) is 0.848. The van der Waals surface area contributed by atoms with E-state index in [2.05, 4.69) is 29.3 Å². The summed E-state index contributed by atoms with van der Waals surface area (Å²) in [6.45, 7) is 2.99. The van der Waals surface area contributed by atoms with E-state index in [1.165, 1.54) is 25.7 Å². The van der Waals surface area contributed by atoms with Crippen LogP contribution in [0.3, 0.4) is 0 Å². The van der Waals surface area contributed by atoms with E-state index in [1.807, 2.05) is 47.4 Å². The molecular formula is C26H31N3O2. The number of methoxy groups -OCH3 is 1. The maximum absolute atomic E-state index is 13.3. The molecule has 1 atom stereocenters. The molecule has 1 aliphatic rings. The number of aromatic nitrogens is 2. The Morgan fingerprint density at radius 3 is 2.39 bits per heavy atom. The maximum atomic E-state index is 13.3. The molecule has 5 nitrogen and oxygen atoms in total. The Bertz CT molecular complexity index is 995. The molecule has 31 heavy (non-hydrogen) atoms. The van der Waals surface area contributed by atoms with Crippen LogP contribution in [0.15, 0.2) is 54.6 Å². The number of nitrogens with zero attached hydrogens (tertiary/aromatic N) is 2. The lowest BCUT2D eigenvalue weighted by Crippen LogP contribution is -2.30. The van der Waals surface area contributed by atoms with Crippen LogP contribution in [-0.4, -0.2) is 34.7 Å². The number of hydrogen-bond acceptors (Lipinski definition) is 3. The van der Waals surface area contributed by atoms with Crippen LogP contribution in [0.2, 0.25) is 0 Å². The second kappa shape index (κ2) is 9.82. The fraction of sp³-hybridized carbons (Fsp3) is 0.385. The third kappa shape index (κ3) is 4.36. The Kier molecular flexibility index (Phi) is 6.70. The first-order valence-corrected chi connectivity index (χ1v) is 11.3. The summed E-state index contributed by atoms with van der Waals surface area (Å²) in [5.41, 5.74) is 4.54. The standard InChI is InChI=1S/C26H31N3O2/c1-3-4-5-6-7-11-18-29-25(20-12-9-8-10-13-20)22-23(27-28-24(22)26(29)30)19-14-16-21(31-2)17-15-19/h8-10,12-17,25H,3-7,11,18H2,1-2H3,(H,27,28). The Balaban J connectivity index is 1.63. The molecule has 0 radical (unpaired) electrons. The highest BCUT2D eigenvalue weighted by Crippen LogP contribution is 2.43. The van der Waals surface area contributed by atoms with Crippen LogP contribution in [0.4, 0.5) is 0 Å². The van der Waals surface area contributed by atoms with Crippen LogP contribution in [0.5, 0.6) is 5.75 Å². The SMILES string of the molecule is CCCCCCCCN1C(=O)c2[nH]nc(-c3ccc(OC)cc3)c2C1c1ccccc1. The number of carbonyl (C=O) groups is 1. The second-order valence-corrected chi connectivity index (χ2v) is 8.17. The van der Waals surface area contributed by atoms with Gasteiger partial charge in [0.15, 0.2) is 0 Å². The Hall–Kier alpha value is -3.08. The Morgan fingerprint density at radius 1 is 0.968 bits per heavy atom. The summed E-state index contributed by atoms with van der Waals surface area (Å²) >= 11 is 0. The lowest BCUT2D eigenvalue weighted by atomic mass is 9.96. The largest absolute Gasteiger partial charge is 0.497 e. The van der Waals surface area contributed by atoms with E-state index in [0.717, 1.165) is 47.5 Å². The first-order chi connectivity index (χ1) is 15.2. The van der Waals surface area contributed by atoms with Gasteiger partial charge >= 0.3 is 0 Å². The van der Waals surface area contributed by atoms with E-state index in [1.54, 1.807) is 7.11 Å². The molecule has 1 amide bonds. The van der Waals surface area contributed by atoms with E-state index in [4.69, 9.17) is 4.74 Å². The van der Waals surface area contributed by atoms with Gasteiger partial charge in [0.1, 0.15) is 11.4 Å². The van der Waals surface area contributed by atoms with Crippen molar-refractivity contribution in [1.29, 1.82) is 0 Å². The smallest absolute Gasteiger partial charge is 0.273 e. The van der Waals surface area contributed by atoms with Crippen LogP contribution in [-0.2, 0) is 0 Å². The van der Waals surface area contributed by atoms with Crippen molar-refractivity contribution in [1.82, 2.24) is 15.1 Å². The molecule has 0 saturated heterocycles. The van der Waals surface area contributed by atoms with Gasteiger partial charge in [-0.3, -0.25) is 9.89 Å². The van der Waals surface area contributed by atoms with Crippen molar-refractivity contribution in [3.8, 4) is 17.0 Å². The number of amides is 1. The van der Waals surface area contributed by atoms with Gasteiger partial charge < -0.3 is 9.64 Å². The molecular weight excluding hydrogens is 386 g/mol. The van der Waals surface area contributed by atoms with Crippen LogP contribution in [0, 0.1) is 0 Å². The maximum Gasteiger partial charge on any atom is 0.273 e. The molecule has 0 aliphatic carbocycles. The van der Waals surface area contributed by atoms with Gasteiger partial charge in [0.05, 0.1) is 18.8 Å². The summed E-state index contributed by atoms with van der Waals surface area (Å²) in [4.78, 5) is 15.3. The lowest BCUT2D eigenvalue weighted by Gasteiger charge is -2.26. The number of hydrogen-bond donors (Lipinski definition) is 1. The van der Waals surface area contributed by atoms with E-state index in [-0.39, 0.29) is 11.9 Å². The average Bonchev–Trinajstić information content (AvgIpc) is 3.36. The summed E-state index contributed by atoms with van der Waals surface area (Å²) in [5, 5.41) is 7.58. The molecule has 1 N–H and O–H groups in total. The van der Waals surface area contributed by atoms with Crippen molar-refractivity contribution in [3.05, 3.63) is 71.4 Å². The fourth-order valence-electron chi connectivity index (χ4n) is 4.44. The van der Waals surface area contributed by atoms with E-state index < -0.39 is 0 Å². The minimum absolute atomic E-state index is 0.0460. The van der Waals surface area contributed by atoms with Gasteiger partial charge in [-0.1, -0.05) is 69.4 Å². The van der Waals surface area contributed by atoms with Crippen molar-refractivity contribution >= 4 is 5.91 Å². The quantitative estimate of drug-likeness (QED) is 0.412. The summed E-state index contributed by atoms with van der Waals surface area (Å²) in [6, 6.07) is 18.0. The molecule has 4 rings (SSSR count). The Labute approximate surface area is 184 Å². The average molecular weight is 418 g/mol. The van der Waals surface area contributed by atoms with Gasteiger partial charge in [-0.25, -0.2) is 0 Å². The third-order valence-electron chi connectivity index (χ3n) is 6.10. The molecule has 0 spiro atoms. The number of fused-ring (bicyclic) bond motifs is 1. The summed E-state index contributed by atoms with van der Waals surface area (Å²) in [6.07, 6.45) is 7.22. The number of rotatable bonds is 10. The predicted molar refractivity (Wildman–Crippen MR) is 123 cm³/mol. The van der Waals surface area contributed by atoms with E-state index in [9.17, 15) is 4.79 Å². The van der Waals surface area contributed by atoms with E-state index >= 15 is 0 Å². The highest BCUT2D eigenvalue weighted by atomic mass is 16.5. The topological polar surface area (TPSA) is 58.2 Å². The molecule has 162 valence electrons. The number of carbonyl (C=O) groups excluding carboxylic acids is 1. The van der Waals surface area contributed by atoms with Crippen molar-refractivity contribution in [2.45, 2.75) is 51.5 Å². The Morgan fingerprint density at radius 2 is 1.68 bits per heavy atom. The molecule has 1 aromatic heterocycles. The van der Waals surface area contributed by atoms with Crippen molar-refractivity contribution < 1.29 is 9.53 Å². The molecule has 1 aliphatic heterocycles. The molecule has 3 aromatic rings. The lowest BCUT2D eigenvalue weighted by molar-refractivity contribution is 0.0740. The predicted octanol–water partition coefficient (Wildman–Crippen LogP) is 5.99. The van der Waals surface area contributed by atoms with Gasteiger partial charge in [-0.15, -0.1) is 0 Å². The van der Waals surface area contributed by atoms with Gasteiger partial charge in [-0.05, 0) is 36.2 Å². The first kappa shape index (κ1) is 21.2. The monoisotopic (exact) mass is 417 g/mol.